The van der Waals surface area contributed by atoms with Crippen LogP contribution in [0.1, 0.15) is 153 Å². The van der Waals surface area contributed by atoms with Gasteiger partial charge in [-0.25, -0.2) is 0 Å². The van der Waals surface area contributed by atoms with Crippen molar-refractivity contribution >= 4 is 69.9 Å². The molecule has 4 rings (SSSR count). The summed E-state index contributed by atoms with van der Waals surface area (Å²) in [5, 5.41) is 8.81. The first kappa shape index (κ1) is 72.5. The molecule has 1 aliphatic carbocycles. The number of likely N-dealkylation sites (tertiary alicyclic amines) is 1. The summed E-state index contributed by atoms with van der Waals surface area (Å²) >= 11 is 0. The zero-order chi connectivity index (χ0) is 64.9. The minimum atomic E-state index is -2.04. The van der Waals surface area contributed by atoms with Crippen LogP contribution in [0.15, 0.2) is 30.3 Å². The molecule has 1 aromatic carbocycles. The van der Waals surface area contributed by atoms with E-state index in [0.29, 0.717) is 25.1 Å². The molecule has 2 aliphatic heterocycles. The maximum Gasteiger partial charge on any atom is 0.251 e. The second-order valence-corrected chi connectivity index (χ2v) is 28.0. The van der Waals surface area contributed by atoms with Crippen LogP contribution in [0.4, 0.5) is 0 Å². The molecular formula is C63H104N10O12S. The summed E-state index contributed by atoms with van der Waals surface area (Å²) < 4.78 is 20.6. The number of nitrogens with zero attached hydrogens (tertiary/aromatic N) is 7. The number of rotatable bonds is 11. The standard InChI is InChI=1S/C63H104N10O12S/c1-19-42(7)46-29-30-51(74)64-45(57(80)73-31-25-22-26-32-73)38-86(84)39-53(76)68(14)43(8)56(79)71(17)49(35-44-27-23-21-24-28-44)58(81)70(16)48(34-41(5)6)54(77)65-62(12,20-2)59(82)67(13)37-52(75)69(15)47(33-40(3)4)55(78)66-63(60(83)72(46)18)36-50(63)85-61(9,10)11/h21,23-24,27-28,40-43,45-50H,19-20,22,25-26,29-39H2,1-18H3,(H,64,74)(H,65,77)(H,66,78)/t42-,43-,45-,46-,47-,48-,49-,50?,62-,63?,86?/m0/s1. The lowest BCUT2D eigenvalue weighted by Crippen LogP contribution is -2.63. The van der Waals surface area contributed by atoms with Gasteiger partial charge in [0.2, 0.25) is 53.2 Å². The highest BCUT2D eigenvalue weighted by Crippen LogP contribution is 2.44. The molecule has 2 heterocycles. The van der Waals surface area contributed by atoms with E-state index in [1.54, 1.807) is 55.0 Å². The van der Waals surface area contributed by atoms with Gasteiger partial charge in [-0.2, -0.15) is 0 Å². The number of ether oxygens (including phenoxy) is 1. The molecule has 86 heavy (non-hydrogen) atoms. The van der Waals surface area contributed by atoms with Crippen LogP contribution in [0.3, 0.4) is 0 Å². The first-order valence-corrected chi connectivity index (χ1v) is 32.4. The van der Waals surface area contributed by atoms with E-state index in [2.05, 4.69) is 16.0 Å². The highest BCUT2D eigenvalue weighted by molar-refractivity contribution is 7.85. The van der Waals surface area contributed by atoms with Gasteiger partial charge in [0.25, 0.3) is 5.91 Å². The van der Waals surface area contributed by atoms with Crippen LogP contribution in [0.5, 0.6) is 0 Å². The molecule has 10 amide bonds. The second kappa shape index (κ2) is 31.3. The van der Waals surface area contributed by atoms with Crippen LogP contribution in [0.25, 0.3) is 0 Å². The predicted molar refractivity (Wildman–Crippen MR) is 331 cm³/mol. The number of carbonyl (C=O) groups excluding carboxylic acids is 10. The normalized spacial score (nSPS) is 29.3. The molecule has 3 aliphatic rings. The lowest BCUT2D eigenvalue weighted by atomic mass is 9.92. The summed E-state index contributed by atoms with van der Waals surface area (Å²) in [6, 6.07) is 2.50. The molecule has 3 fully saturated rings. The molecule has 1 spiro atoms. The summed E-state index contributed by atoms with van der Waals surface area (Å²) in [6.07, 6.45) is 2.80. The van der Waals surface area contributed by atoms with Crippen LogP contribution in [-0.4, -0.2) is 230 Å². The lowest BCUT2D eigenvalue weighted by molar-refractivity contribution is -0.152. The van der Waals surface area contributed by atoms with E-state index in [9.17, 15) is 42.6 Å². The highest BCUT2D eigenvalue weighted by atomic mass is 32.2. The molecule has 0 aromatic heterocycles. The molecule has 2 saturated heterocycles. The summed E-state index contributed by atoms with van der Waals surface area (Å²) in [6.45, 7) is 22.1. The number of piperidine rings is 1. The molecule has 484 valence electrons. The number of hydrogen-bond donors (Lipinski definition) is 3. The van der Waals surface area contributed by atoms with Crippen molar-refractivity contribution in [3.8, 4) is 0 Å². The Morgan fingerprint density at radius 1 is 0.721 bits per heavy atom. The van der Waals surface area contributed by atoms with Gasteiger partial charge >= 0.3 is 0 Å². The van der Waals surface area contributed by atoms with Crippen molar-refractivity contribution in [1.82, 2.24) is 50.2 Å². The Hall–Kier alpha value is -5.97. The van der Waals surface area contributed by atoms with Crippen LogP contribution >= 0.6 is 0 Å². The fraction of sp³-hybridized carbons (Fsp3) is 0.746. The highest BCUT2D eigenvalue weighted by Gasteiger charge is 2.65. The predicted octanol–water partition coefficient (Wildman–Crippen LogP) is 3.75. The van der Waals surface area contributed by atoms with Crippen LogP contribution in [0.2, 0.25) is 0 Å². The number of benzene rings is 1. The van der Waals surface area contributed by atoms with Crippen LogP contribution in [0, 0.1) is 17.8 Å². The third-order valence-corrected chi connectivity index (χ3v) is 18.8. The van der Waals surface area contributed by atoms with E-state index in [0.717, 1.165) is 24.2 Å². The number of hydrogen-bond acceptors (Lipinski definition) is 12. The topological polar surface area (TPSA) is 256 Å². The molecule has 0 bridgehead atoms. The van der Waals surface area contributed by atoms with Gasteiger partial charge < -0.3 is 55.0 Å². The Morgan fingerprint density at radius 3 is 1.83 bits per heavy atom. The minimum absolute atomic E-state index is 0.0209. The smallest absolute Gasteiger partial charge is 0.251 e. The van der Waals surface area contributed by atoms with Crippen molar-refractivity contribution in [3.63, 3.8) is 0 Å². The molecule has 1 aromatic rings. The van der Waals surface area contributed by atoms with Gasteiger partial charge in [-0.05, 0) is 103 Å². The number of likely N-dealkylation sites (N-methyl/N-ethyl adjacent to an activating group) is 6. The van der Waals surface area contributed by atoms with Crippen molar-refractivity contribution in [2.24, 2.45) is 17.8 Å². The average Bonchev–Trinajstić information content (AvgIpc) is 1.61. The molecular weight excluding hydrogens is 1120 g/mol. The maximum absolute atomic E-state index is 15.2. The zero-order valence-electron chi connectivity index (χ0n) is 54.9. The van der Waals surface area contributed by atoms with E-state index in [-0.39, 0.29) is 62.7 Å². The quantitative estimate of drug-likeness (QED) is 0.287. The van der Waals surface area contributed by atoms with E-state index in [1.165, 1.54) is 61.8 Å². The Balaban J connectivity index is 1.85. The summed E-state index contributed by atoms with van der Waals surface area (Å²) in [5.74, 6) is -7.25. The molecule has 23 heteroatoms. The molecule has 0 radical (unpaired) electrons. The fourth-order valence-electron chi connectivity index (χ4n) is 11.5. The summed E-state index contributed by atoms with van der Waals surface area (Å²) in [4.78, 5) is 156. The fourth-order valence-corrected chi connectivity index (χ4v) is 12.7. The Labute approximate surface area is 514 Å². The average molecular weight is 1230 g/mol. The van der Waals surface area contributed by atoms with Crippen molar-refractivity contribution in [2.45, 2.75) is 213 Å². The zero-order valence-corrected chi connectivity index (χ0v) is 55.7. The van der Waals surface area contributed by atoms with Crippen molar-refractivity contribution in [2.75, 3.05) is 73.4 Å². The maximum atomic E-state index is 15.2. The Kier molecular flexibility index (Phi) is 26.4. The molecule has 3 N–H and O–H groups in total. The molecule has 1 saturated carbocycles. The summed E-state index contributed by atoms with van der Waals surface area (Å²) in [7, 11) is 6.78. The van der Waals surface area contributed by atoms with Crippen molar-refractivity contribution in [3.05, 3.63) is 35.9 Å². The van der Waals surface area contributed by atoms with E-state index in [4.69, 9.17) is 4.74 Å². The van der Waals surface area contributed by atoms with Crippen molar-refractivity contribution in [1.29, 1.82) is 0 Å². The van der Waals surface area contributed by atoms with E-state index in [1.807, 2.05) is 68.4 Å². The van der Waals surface area contributed by atoms with Gasteiger partial charge in [-0.3, -0.25) is 52.2 Å². The van der Waals surface area contributed by atoms with Gasteiger partial charge in [-0.15, -0.1) is 0 Å². The van der Waals surface area contributed by atoms with Gasteiger partial charge in [-0.1, -0.05) is 85.2 Å². The van der Waals surface area contributed by atoms with Crippen LogP contribution in [-0.2, 0) is 69.9 Å². The number of carbonyl (C=O) groups is 10. The lowest BCUT2D eigenvalue weighted by Gasteiger charge is -2.39. The third kappa shape index (κ3) is 19.0. The first-order valence-electron chi connectivity index (χ1n) is 30.9. The summed E-state index contributed by atoms with van der Waals surface area (Å²) in [5.41, 5.74) is -3.19. The van der Waals surface area contributed by atoms with E-state index < -0.39 is 147 Å². The minimum Gasteiger partial charge on any atom is -0.370 e. The molecule has 11 atom stereocenters. The van der Waals surface area contributed by atoms with E-state index >= 15 is 9.59 Å². The second-order valence-electron chi connectivity index (χ2n) is 26.5. The van der Waals surface area contributed by atoms with Gasteiger partial charge in [0.15, 0.2) is 0 Å². The third-order valence-electron chi connectivity index (χ3n) is 17.5. The van der Waals surface area contributed by atoms with Gasteiger partial charge in [0.1, 0.15) is 47.0 Å². The SMILES string of the molecule is CC[C@H](C)[C@@H]1CCC(=O)N[C@H](C(=O)N2CCCCC2)CS(=O)CC(=O)N(C)[C@@H](C)C(=O)N(C)[C@@H](Cc2ccccc2)C(=O)N(C)[C@@H](CC(C)C)C(=O)N[C@@](C)(CC)C(=O)N(C)CC(=O)N(C)[C@@H](CC(C)C)C(=O)NC2(CC2OC(C)(C)C)C(=O)N1C. The monoisotopic (exact) mass is 1220 g/mol. The largest absolute Gasteiger partial charge is 0.370 e. The molecule has 3 unspecified atom stereocenters. The Bertz CT molecular complexity index is 2590. The Morgan fingerprint density at radius 2 is 1.28 bits per heavy atom. The van der Waals surface area contributed by atoms with Gasteiger partial charge in [0.05, 0.1) is 24.0 Å². The number of nitrogens with one attached hydrogen (secondary N) is 3. The first-order chi connectivity index (χ1) is 40.0. The van der Waals surface area contributed by atoms with Crippen molar-refractivity contribution < 1.29 is 56.9 Å². The van der Waals surface area contributed by atoms with Crippen LogP contribution < -0.4 is 16.0 Å². The molecule has 22 nitrogen and oxygen atoms in total. The number of amides is 10. The van der Waals surface area contributed by atoms with Gasteiger partial charge in [0, 0.05) is 91.5 Å².